The monoisotopic (exact) mass is 269 g/mol. The second kappa shape index (κ2) is 7.85. The van der Waals surface area contributed by atoms with E-state index in [9.17, 15) is 4.79 Å². The summed E-state index contributed by atoms with van der Waals surface area (Å²) in [4.78, 5) is 14.3. The van der Waals surface area contributed by atoms with Crippen LogP contribution in [0, 0.1) is 5.41 Å². The second-order valence-electron chi connectivity index (χ2n) is 6.57. The van der Waals surface area contributed by atoms with E-state index >= 15 is 0 Å². The first-order chi connectivity index (χ1) is 8.96. The first kappa shape index (κ1) is 16.4. The number of carbonyl (C=O) groups is 1. The van der Waals surface area contributed by atoms with Crippen LogP contribution in [-0.2, 0) is 4.79 Å². The third-order valence-corrected chi connectivity index (χ3v) is 3.99. The van der Waals surface area contributed by atoms with E-state index in [0.717, 1.165) is 25.9 Å². The van der Waals surface area contributed by atoms with Crippen LogP contribution in [0.1, 0.15) is 52.9 Å². The van der Waals surface area contributed by atoms with Crippen molar-refractivity contribution in [1.82, 2.24) is 10.2 Å². The van der Waals surface area contributed by atoms with Crippen LogP contribution in [-0.4, -0.2) is 43.0 Å². The van der Waals surface area contributed by atoms with Crippen molar-refractivity contribution < 1.29 is 4.79 Å². The zero-order valence-corrected chi connectivity index (χ0v) is 12.9. The maximum absolute atomic E-state index is 12.1. The van der Waals surface area contributed by atoms with Crippen LogP contribution in [0.15, 0.2) is 0 Å². The molecule has 4 heteroatoms. The van der Waals surface area contributed by atoms with Crippen molar-refractivity contribution in [2.75, 3.05) is 26.2 Å². The zero-order valence-electron chi connectivity index (χ0n) is 12.9. The van der Waals surface area contributed by atoms with Crippen LogP contribution in [0.25, 0.3) is 0 Å². The first-order valence-corrected chi connectivity index (χ1v) is 7.68. The minimum absolute atomic E-state index is 0.0706. The third kappa shape index (κ3) is 6.39. The predicted octanol–water partition coefficient (Wildman–Crippen LogP) is 1.74. The van der Waals surface area contributed by atoms with Gasteiger partial charge < -0.3 is 11.1 Å². The standard InChI is InChI=1S/C15H31N3O/c1-4-18(12-15(2,3)11-16)10-14(19)17-13-8-6-5-7-9-13/h13H,4-12,16H2,1-3H3,(H,17,19). The molecule has 1 rings (SSSR count). The molecule has 1 saturated carbocycles. The molecule has 19 heavy (non-hydrogen) atoms. The number of nitrogens with zero attached hydrogens (tertiary/aromatic N) is 1. The van der Waals surface area contributed by atoms with Gasteiger partial charge in [-0.05, 0) is 31.3 Å². The predicted molar refractivity (Wildman–Crippen MR) is 80.0 cm³/mol. The Morgan fingerprint density at radius 1 is 1.32 bits per heavy atom. The molecule has 0 unspecified atom stereocenters. The second-order valence-corrected chi connectivity index (χ2v) is 6.57. The van der Waals surface area contributed by atoms with E-state index in [1.54, 1.807) is 0 Å². The van der Waals surface area contributed by atoms with Crippen LogP contribution in [0.3, 0.4) is 0 Å². The largest absolute Gasteiger partial charge is 0.352 e. The Balaban J connectivity index is 2.35. The van der Waals surface area contributed by atoms with Gasteiger partial charge in [0.1, 0.15) is 0 Å². The van der Waals surface area contributed by atoms with Crippen molar-refractivity contribution in [3.63, 3.8) is 0 Å². The van der Waals surface area contributed by atoms with Crippen molar-refractivity contribution in [2.24, 2.45) is 11.1 Å². The van der Waals surface area contributed by atoms with Gasteiger partial charge in [-0.15, -0.1) is 0 Å². The summed E-state index contributed by atoms with van der Waals surface area (Å²) < 4.78 is 0. The molecule has 0 aromatic rings. The molecule has 0 atom stereocenters. The Labute approximate surface area is 118 Å². The molecule has 0 aliphatic heterocycles. The molecular weight excluding hydrogens is 238 g/mol. The molecule has 0 heterocycles. The molecule has 0 radical (unpaired) electrons. The summed E-state index contributed by atoms with van der Waals surface area (Å²) in [6.45, 7) is 9.30. The Morgan fingerprint density at radius 2 is 1.95 bits per heavy atom. The van der Waals surface area contributed by atoms with Crippen LogP contribution >= 0.6 is 0 Å². The van der Waals surface area contributed by atoms with Crippen molar-refractivity contribution >= 4 is 5.91 Å². The van der Waals surface area contributed by atoms with Crippen LogP contribution in [0.4, 0.5) is 0 Å². The minimum Gasteiger partial charge on any atom is -0.352 e. The van der Waals surface area contributed by atoms with Crippen molar-refractivity contribution in [2.45, 2.75) is 58.9 Å². The number of nitrogens with one attached hydrogen (secondary N) is 1. The molecule has 0 saturated heterocycles. The highest BCUT2D eigenvalue weighted by molar-refractivity contribution is 5.78. The van der Waals surface area contributed by atoms with Gasteiger partial charge >= 0.3 is 0 Å². The van der Waals surface area contributed by atoms with E-state index in [4.69, 9.17) is 5.73 Å². The van der Waals surface area contributed by atoms with Gasteiger partial charge in [-0.1, -0.05) is 40.0 Å². The Morgan fingerprint density at radius 3 is 2.47 bits per heavy atom. The van der Waals surface area contributed by atoms with E-state index in [1.165, 1.54) is 19.3 Å². The molecule has 112 valence electrons. The van der Waals surface area contributed by atoms with Crippen molar-refractivity contribution in [3.05, 3.63) is 0 Å². The number of likely N-dealkylation sites (N-methyl/N-ethyl adjacent to an activating group) is 1. The van der Waals surface area contributed by atoms with E-state index in [-0.39, 0.29) is 11.3 Å². The van der Waals surface area contributed by atoms with Gasteiger partial charge in [0.15, 0.2) is 0 Å². The van der Waals surface area contributed by atoms with Crippen molar-refractivity contribution in [3.8, 4) is 0 Å². The average Bonchev–Trinajstić information content (AvgIpc) is 2.38. The Hall–Kier alpha value is -0.610. The topological polar surface area (TPSA) is 58.4 Å². The maximum Gasteiger partial charge on any atom is 0.234 e. The lowest BCUT2D eigenvalue weighted by Crippen LogP contribution is -2.46. The lowest BCUT2D eigenvalue weighted by atomic mass is 9.93. The summed E-state index contributed by atoms with van der Waals surface area (Å²) in [6.07, 6.45) is 6.11. The average molecular weight is 269 g/mol. The number of hydrogen-bond donors (Lipinski definition) is 2. The molecule has 0 spiro atoms. The summed E-state index contributed by atoms with van der Waals surface area (Å²) in [7, 11) is 0. The fraction of sp³-hybridized carbons (Fsp3) is 0.933. The van der Waals surface area contributed by atoms with E-state index in [2.05, 4.69) is 31.0 Å². The van der Waals surface area contributed by atoms with Gasteiger partial charge in [0.25, 0.3) is 0 Å². The van der Waals surface area contributed by atoms with Gasteiger partial charge in [-0.2, -0.15) is 0 Å². The van der Waals surface area contributed by atoms with E-state index < -0.39 is 0 Å². The number of carbonyl (C=O) groups excluding carboxylic acids is 1. The molecule has 1 amide bonds. The molecule has 3 N–H and O–H groups in total. The Bertz CT molecular complexity index is 273. The first-order valence-electron chi connectivity index (χ1n) is 7.68. The molecule has 4 nitrogen and oxygen atoms in total. The highest BCUT2D eigenvalue weighted by Gasteiger charge is 2.22. The number of amides is 1. The number of rotatable bonds is 7. The maximum atomic E-state index is 12.1. The van der Waals surface area contributed by atoms with E-state index in [1.807, 2.05) is 0 Å². The molecule has 1 aliphatic carbocycles. The lowest BCUT2D eigenvalue weighted by Gasteiger charge is -2.31. The van der Waals surface area contributed by atoms with Gasteiger partial charge in [0.05, 0.1) is 6.54 Å². The summed E-state index contributed by atoms with van der Waals surface area (Å²) in [5.74, 6) is 0.168. The van der Waals surface area contributed by atoms with Gasteiger partial charge in [0.2, 0.25) is 5.91 Å². The van der Waals surface area contributed by atoms with Crippen LogP contribution in [0.5, 0.6) is 0 Å². The smallest absolute Gasteiger partial charge is 0.234 e. The normalized spacial score (nSPS) is 17.7. The number of nitrogens with two attached hydrogens (primary N) is 1. The van der Waals surface area contributed by atoms with Crippen molar-refractivity contribution in [1.29, 1.82) is 0 Å². The van der Waals surface area contributed by atoms with Crippen LogP contribution < -0.4 is 11.1 Å². The summed E-state index contributed by atoms with van der Waals surface area (Å²) >= 11 is 0. The lowest BCUT2D eigenvalue weighted by molar-refractivity contribution is -0.123. The zero-order chi connectivity index (χ0) is 14.3. The van der Waals surface area contributed by atoms with E-state index in [0.29, 0.717) is 19.1 Å². The third-order valence-electron chi connectivity index (χ3n) is 3.99. The minimum atomic E-state index is 0.0706. The summed E-state index contributed by atoms with van der Waals surface area (Å²) in [6, 6.07) is 0.405. The molecule has 0 aromatic carbocycles. The Kier molecular flexibility index (Phi) is 6.80. The SMILES string of the molecule is CCN(CC(=O)NC1CCCCC1)CC(C)(C)CN. The van der Waals surface area contributed by atoms with Gasteiger partial charge in [-0.25, -0.2) is 0 Å². The fourth-order valence-corrected chi connectivity index (χ4v) is 2.67. The molecule has 1 fully saturated rings. The fourth-order valence-electron chi connectivity index (χ4n) is 2.67. The highest BCUT2D eigenvalue weighted by atomic mass is 16.2. The summed E-state index contributed by atoms with van der Waals surface area (Å²) in [5, 5.41) is 3.18. The summed E-state index contributed by atoms with van der Waals surface area (Å²) in [5.41, 5.74) is 5.83. The van der Waals surface area contributed by atoms with Gasteiger partial charge in [-0.3, -0.25) is 9.69 Å². The highest BCUT2D eigenvalue weighted by Crippen LogP contribution is 2.17. The quantitative estimate of drug-likeness (QED) is 0.740. The van der Waals surface area contributed by atoms with Crippen LogP contribution in [0.2, 0.25) is 0 Å². The molecule has 0 bridgehead atoms. The number of hydrogen-bond acceptors (Lipinski definition) is 3. The molecule has 0 aromatic heterocycles. The molecule has 1 aliphatic rings. The molecular formula is C15H31N3O. The van der Waals surface area contributed by atoms with Gasteiger partial charge in [0, 0.05) is 12.6 Å².